The molecule has 6 nitrogen and oxygen atoms in total. The van der Waals surface area contributed by atoms with Gasteiger partial charge in [-0.25, -0.2) is 8.42 Å². The first kappa shape index (κ1) is 20.1. The molecule has 148 valence electrons. The van der Waals surface area contributed by atoms with E-state index in [-0.39, 0.29) is 28.9 Å². The van der Waals surface area contributed by atoms with Gasteiger partial charge in [0.1, 0.15) is 0 Å². The molecule has 0 atom stereocenters. The van der Waals surface area contributed by atoms with Crippen molar-refractivity contribution in [2.45, 2.75) is 31.1 Å². The van der Waals surface area contributed by atoms with Crippen LogP contribution >= 0.6 is 0 Å². The normalized spacial score (nSPS) is 14.1. The highest BCUT2D eigenvalue weighted by molar-refractivity contribution is 7.91. The van der Waals surface area contributed by atoms with E-state index in [0.29, 0.717) is 11.3 Å². The van der Waals surface area contributed by atoms with Gasteiger partial charge in [0.05, 0.1) is 10.6 Å². The lowest BCUT2D eigenvalue weighted by atomic mass is 10.2. The first-order chi connectivity index (χ1) is 13.3. The molecule has 1 saturated heterocycles. The number of hydrogen-bond acceptors (Lipinski definition) is 4. The number of nitrogens with zero attached hydrogens (tertiary/aromatic N) is 1. The van der Waals surface area contributed by atoms with Gasteiger partial charge >= 0.3 is 0 Å². The van der Waals surface area contributed by atoms with Crippen molar-refractivity contribution in [2.75, 3.05) is 24.2 Å². The highest BCUT2D eigenvalue weighted by atomic mass is 32.2. The Kier molecular flexibility index (Phi) is 6.14. The summed E-state index contributed by atoms with van der Waals surface area (Å²) >= 11 is 0. The second-order valence-corrected chi connectivity index (χ2v) is 9.12. The summed E-state index contributed by atoms with van der Waals surface area (Å²) in [5.74, 6) is -0.637. The number of rotatable bonds is 6. The van der Waals surface area contributed by atoms with Crippen molar-refractivity contribution in [3.63, 3.8) is 0 Å². The van der Waals surface area contributed by atoms with Gasteiger partial charge in [0.25, 0.3) is 5.91 Å². The molecule has 2 aromatic rings. The van der Waals surface area contributed by atoms with E-state index in [1.54, 1.807) is 48.5 Å². The number of nitrogens with one attached hydrogen (secondary N) is 1. The number of carbonyl (C=O) groups is 2. The third kappa shape index (κ3) is 4.98. The minimum absolute atomic E-state index is 0.000400. The standard InChI is InChI=1S/C21H24N2O4S/c1-16-4-10-19(11-5-16)28(26,27)15-12-20(24)22-18-8-6-17(7-9-18)21(25)23-13-2-3-14-23/h4-11H,2-3,12-15H2,1H3,(H,22,24). The van der Waals surface area contributed by atoms with E-state index in [1.165, 1.54) is 0 Å². The highest BCUT2D eigenvalue weighted by Gasteiger charge is 2.19. The second kappa shape index (κ2) is 8.56. The molecule has 28 heavy (non-hydrogen) atoms. The molecule has 3 rings (SSSR count). The number of amides is 2. The van der Waals surface area contributed by atoms with E-state index in [9.17, 15) is 18.0 Å². The Morgan fingerprint density at radius 2 is 1.57 bits per heavy atom. The Morgan fingerprint density at radius 1 is 0.964 bits per heavy atom. The van der Waals surface area contributed by atoms with E-state index < -0.39 is 9.84 Å². The summed E-state index contributed by atoms with van der Waals surface area (Å²) in [6.45, 7) is 3.45. The van der Waals surface area contributed by atoms with Crippen molar-refractivity contribution >= 4 is 27.3 Å². The zero-order valence-electron chi connectivity index (χ0n) is 15.8. The Morgan fingerprint density at radius 3 is 2.18 bits per heavy atom. The van der Waals surface area contributed by atoms with Gasteiger partial charge in [0, 0.05) is 30.8 Å². The average Bonchev–Trinajstić information content (AvgIpc) is 3.22. The predicted octanol–water partition coefficient (Wildman–Crippen LogP) is 3.03. The monoisotopic (exact) mass is 400 g/mol. The molecule has 0 unspecified atom stereocenters. The molecule has 0 spiro atoms. The van der Waals surface area contributed by atoms with Crippen LogP contribution in [0.4, 0.5) is 5.69 Å². The van der Waals surface area contributed by atoms with Crippen LogP contribution < -0.4 is 5.32 Å². The van der Waals surface area contributed by atoms with E-state index in [2.05, 4.69) is 5.32 Å². The molecule has 2 amide bonds. The lowest BCUT2D eigenvalue weighted by molar-refractivity contribution is -0.115. The molecule has 0 bridgehead atoms. The predicted molar refractivity (Wildman–Crippen MR) is 108 cm³/mol. The van der Waals surface area contributed by atoms with Gasteiger partial charge in [-0.05, 0) is 56.2 Å². The van der Waals surface area contributed by atoms with Crippen LogP contribution in [0.5, 0.6) is 0 Å². The summed E-state index contributed by atoms with van der Waals surface area (Å²) in [5, 5.41) is 2.68. The maximum Gasteiger partial charge on any atom is 0.253 e. The minimum atomic E-state index is -3.50. The van der Waals surface area contributed by atoms with Crippen LogP contribution in [0.25, 0.3) is 0 Å². The number of carbonyl (C=O) groups excluding carboxylic acids is 2. The molecular weight excluding hydrogens is 376 g/mol. The highest BCUT2D eigenvalue weighted by Crippen LogP contribution is 2.17. The third-order valence-corrected chi connectivity index (χ3v) is 6.52. The van der Waals surface area contributed by atoms with Crippen molar-refractivity contribution in [3.05, 3.63) is 59.7 Å². The fourth-order valence-electron chi connectivity index (χ4n) is 3.11. The smallest absolute Gasteiger partial charge is 0.253 e. The molecule has 0 aliphatic carbocycles. The molecule has 1 aliphatic rings. The molecule has 1 heterocycles. The van der Waals surface area contributed by atoms with Crippen LogP contribution in [0.1, 0.15) is 35.2 Å². The summed E-state index contributed by atoms with van der Waals surface area (Å²) in [7, 11) is -3.50. The van der Waals surface area contributed by atoms with E-state index in [0.717, 1.165) is 31.5 Å². The van der Waals surface area contributed by atoms with Crippen molar-refractivity contribution < 1.29 is 18.0 Å². The largest absolute Gasteiger partial charge is 0.339 e. The first-order valence-corrected chi connectivity index (χ1v) is 11.0. The minimum Gasteiger partial charge on any atom is -0.339 e. The maximum absolute atomic E-state index is 12.3. The maximum atomic E-state index is 12.3. The molecule has 1 aliphatic heterocycles. The van der Waals surface area contributed by atoms with Crippen molar-refractivity contribution in [1.29, 1.82) is 0 Å². The number of benzene rings is 2. The number of sulfone groups is 1. The summed E-state index contributed by atoms with van der Waals surface area (Å²) in [6, 6.07) is 13.3. The van der Waals surface area contributed by atoms with E-state index in [4.69, 9.17) is 0 Å². The number of hydrogen-bond donors (Lipinski definition) is 1. The topological polar surface area (TPSA) is 83.5 Å². The molecule has 1 fully saturated rings. The van der Waals surface area contributed by atoms with Gasteiger partial charge in [-0.3, -0.25) is 9.59 Å². The Balaban J connectivity index is 1.54. The summed E-state index contributed by atoms with van der Waals surface area (Å²) in [4.78, 5) is 26.5. The zero-order chi connectivity index (χ0) is 20.1. The van der Waals surface area contributed by atoms with Gasteiger partial charge in [-0.1, -0.05) is 17.7 Å². The van der Waals surface area contributed by atoms with E-state index >= 15 is 0 Å². The van der Waals surface area contributed by atoms with Gasteiger partial charge < -0.3 is 10.2 Å². The Bertz CT molecular complexity index is 945. The van der Waals surface area contributed by atoms with Crippen LogP contribution in [-0.2, 0) is 14.6 Å². The molecule has 0 aromatic heterocycles. The molecule has 0 radical (unpaired) electrons. The zero-order valence-corrected chi connectivity index (χ0v) is 16.7. The number of likely N-dealkylation sites (tertiary alicyclic amines) is 1. The van der Waals surface area contributed by atoms with E-state index in [1.807, 2.05) is 11.8 Å². The number of aryl methyl sites for hydroxylation is 1. The third-order valence-electron chi connectivity index (χ3n) is 4.79. The van der Waals surface area contributed by atoms with Gasteiger partial charge in [-0.15, -0.1) is 0 Å². The lowest BCUT2D eigenvalue weighted by Gasteiger charge is -2.15. The van der Waals surface area contributed by atoms with Gasteiger partial charge in [0.15, 0.2) is 9.84 Å². The average molecular weight is 401 g/mol. The molecule has 1 N–H and O–H groups in total. The van der Waals surface area contributed by atoms with Crippen LogP contribution in [0, 0.1) is 6.92 Å². The Hall–Kier alpha value is -2.67. The SMILES string of the molecule is Cc1ccc(S(=O)(=O)CCC(=O)Nc2ccc(C(=O)N3CCCC3)cc2)cc1. The van der Waals surface area contributed by atoms with Crippen LogP contribution in [0.2, 0.25) is 0 Å². The summed E-state index contributed by atoms with van der Waals surface area (Å²) in [5.41, 5.74) is 2.10. The van der Waals surface area contributed by atoms with Crippen molar-refractivity contribution in [3.8, 4) is 0 Å². The fraction of sp³-hybridized carbons (Fsp3) is 0.333. The van der Waals surface area contributed by atoms with Gasteiger partial charge in [0.2, 0.25) is 5.91 Å². The first-order valence-electron chi connectivity index (χ1n) is 9.34. The molecular formula is C21H24N2O4S. The molecule has 7 heteroatoms. The lowest BCUT2D eigenvalue weighted by Crippen LogP contribution is -2.27. The van der Waals surface area contributed by atoms with Crippen molar-refractivity contribution in [2.24, 2.45) is 0 Å². The molecule has 2 aromatic carbocycles. The summed E-state index contributed by atoms with van der Waals surface area (Å²) < 4.78 is 24.6. The van der Waals surface area contributed by atoms with Crippen LogP contribution in [-0.4, -0.2) is 44.0 Å². The van der Waals surface area contributed by atoms with Crippen LogP contribution in [0.15, 0.2) is 53.4 Å². The quantitative estimate of drug-likeness (QED) is 0.808. The second-order valence-electron chi connectivity index (χ2n) is 7.01. The van der Waals surface area contributed by atoms with Gasteiger partial charge in [-0.2, -0.15) is 0 Å². The Labute approximate surface area is 165 Å². The fourth-order valence-corrected chi connectivity index (χ4v) is 4.35. The summed E-state index contributed by atoms with van der Waals surface area (Å²) in [6.07, 6.45) is 1.93. The van der Waals surface area contributed by atoms with Crippen LogP contribution in [0.3, 0.4) is 0 Å². The molecule has 0 saturated carbocycles. The number of anilines is 1. The van der Waals surface area contributed by atoms with Crippen molar-refractivity contribution in [1.82, 2.24) is 4.90 Å².